The van der Waals surface area contributed by atoms with Crippen molar-refractivity contribution in [3.63, 3.8) is 0 Å². The Morgan fingerprint density at radius 1 is 1.47 bits per heavy atom. The van der Waals surface area contributed by atoms with Crippen LogP contribution in [0.15, 0.2) is 28.7 Å². The van der Waals surface area contributed by atoms with Crippen molar-refractivity contribution in [1.29, 1.82) is 0 Å². The molecule has 1 aromatic carbocycles. The first-order chi connectivity index (χ1) is 7.09. The van der Waals surface area contributed by atoms with Crippen molar-refractivity contribution in [2.24, 2.45) is 0 Å². The molecule has 78 valence electrons. The standard InChI is InChI=1S/C10H7BrO3S/c11-6-2-1-3-7-5(6)4-8(15-7)9(12)10(13)14/h1-4,9,12H,(H,13,14). The summed E-state index contributed by atoms with van der Waals surface area (Å²) in [5.41, 5.74) is 0. The largest absolute Gasteiger partial charge is 0.479 e. The third-order valence-electron chi connectivity index (χ3n) is 2.03. The molecule has 2 N–H and O–H groups in total. The second-order valence-electron chi connectivity index (χ2n) is 3.04. The maximum atomic E-state index is 10.6. The van der Waals surface area contributed by atoms with Gasteiger partial charge in [0.05, 0.1) is 0 Å². The lowest BCUT2D eigenvalue weighted by Crippen LogP contribution is -2.08. The molecule has 2 rings (SSSR count). The van der Waals surface area contributed by atoms with Gasteiger partial charge in [0.15, 0.2) is 6.10 Å². The van der Waals surface area contributed by atoms with Crippen molar-refractivity contribution in [2.45, 2.75) is 6.10 Å². The van der Waals surface area contributed by atoms with Crippen LogP contribution >= 0.6 is 27.3 Å². The van der Waals surface area contributed by atoms with Gasteiger partial charge >= 0.3 is 5.97 Å². The molecule has 0 bridgehead atoms. The van der Waals surface area contributed by atoms with E-state index in [1.54, 1.807) is 6.07 Å². The topological polar surface area (TPSA) is 57.5 Å². The van der Waals surface area contributed by atoms with E-state index in [9.17, 15) is 9.90 Å². The summed E-state index contributed by atoms with van der Waals surface area (Å²) in [6.07, 6.45) is -1.44. The number of hydrogen-bond donors (Lipinski definition) is 2. The molecule has 5 heteroatoms. The number of benzene rings is 1. The van der Waals surface area contributed by atoms with Crippen molar-refractivity contribution < 1.29 is 15.0 Å². The smallest absolute Gasteiger partial charge is 0.338 e. The van der Waals surface area contributed by atoms with Crippen LogP contribution in [0.25, 0.3) is 10.1 Å². The highest BCUT2D eigenvalue weighted by molar-refractivity contribution is 9.10. The minimum Gasteiger partial charge on any atom is -0.479 e. The number of carboxylic acid groups (broad SMARTS) is 1. The minimum absolute atomic E-state index is 0.449. The Hall–Kier alpha value is -0.910. The maximum absolute atomic E-state index is 10.6. The summed E-state index contributed by atoms with van der Waals surface area (Å²) < 4.78 is 1.86. The fourth-order valence-electron chi connectivity index (χ4n) is 1.30. The Bertz CT molecular complexity index is 520. The second-order valence-corrected chi connectivity index (χ2v) is 5.01. The quantitative estimate of drug-likeness (QED) is 0.893. The number of aliphatic hydroxyl groups excluding tert-OH is 1. The summed E-state index contributed by atoms with van der Waals surface area (Å²) in [7, 11) is 0. The van der Waals surface area contributed by atoms with Crippen molar-refractivity contribution in [2.75, 3.05) is 0 Å². The van der Waals surface area contributed by atoms with E-state index in [1.165, 1.54) is 11.3 Å². The summed E-state index contributed by atoms with van der Waals surface area (Å²) in [6, 6.07) is 7.34. The van der Waals surface area contributed by atoms with Gasteiger partial charge in [0.1, 0.15) is 0 Å². The molecule has 0 radical (unpaired) electrons. The van der Waals surface area contributed by atoms with E-state index in [4.69, 9.17) is 5.11 Å². The molecule has 0 spiro atoms. The lowest BCUT2D eigenvalue weighted by Gasteiger charge is -1.99. The highest BCUT2D eigenvalue weighted by Crippen LogP contribution is 2.34. The second kappa shape index (κ2) is 3.92. The summed E-state index contributed by atoms with van der Waals surface area (Å²) >= 11 is 4.66. The van der Waals surface area contributed by atoms with Crippen LogP contribution in [0.5, 0.6) is 0 Å². The molecule has 1 atom stereocenters. The Balaban J connectivity index is 2.56. The third kappa shape index (κ3) is 1.90. The Morgan fingerprint density at radius 2 is 2.20 bits per heavy atom. The van der Waals surface area contributed by atoms with Crippen LogP contribution in [-0.4, -0.2) is 16.2 Å². The fourth-order valence-corrected chi connectivity index (χ4v) is 2.98. The van der Waals surface area contributed by atoms with Crippen molar-refractivity contribution in [1.82, 2.24) is 0 Å². The zero-order valence-electron chi connectivity index (χ0n) is 7.48. The first-order valence-electron chi connectivity index (χ1n) is 4.18. The molecule has 1 unspecified atom stereocenters. The van der Waals surface area contributed by atoms with Gasteiger partial charge in [-0.15, -0.1) is 11.3 Å². The number of thiophene rings is 1. The highest BCUT2D eigenvalue weighted by atomic mass is 79.9. The van der Waals surface area contributed by atoms with Gasteiger partial charge in [-0.05, 0) is 18.2 Å². The molecule has 1 aromatic heterocycles. The minimum atomic E-state index is -1.44. The van der Waals surface area contributed by atoms with Gasteiger partial charge in [0.2, 0.25) is 0 Å². The Labute approximate surface area is 98.1 Å². The predicted octanol–water partition coefficient (Wildman–Crippen LogP) is 2.78. The van der Waals surface area contributed by atoms with Crippen molar-refractivity contribution in [3.8, 4) is 0 Å². The zero-order valence-corrected chi connectivity index (χ0v) is 9.88. The molecular formula is C10H7BrO3S. The average Bonchev–Trinajstić information content (AvgIpc) is 2.61. The van der Waals surface area contributed by atoms with Crippen molar-refractivity contribution in [3.05, 3.63) is 33.6 Å². The van der Waals surface area contributed by atoms with Gasteiger partial charge < -0.3 is 10.2 Å². The zero-order chi connectivity index (χ0) is 11.0. The van der Waals surface area contributed by atoms with Crippen molar-refractivity contribution >= 4 is 43.3 Å². The molecule has 0 aliphatic rings. The summed E-state index contributed by atoms with van der Waals surface area (Å²) in [5.74, 6) is -1.22. The Kier molecular flexibility index (Phi) is 2.77. The van der Waals surface area contributed by atoms with E-state index in [1.807, 2.05) is 18.2 Å². The summed E-state index contributed by atoms with van der Waals surface area (Å²) in [5, 5.41) is 19.0. The van der Waals surface area contributed by atoms with E-state index in [-0.39, 0.29) is 0 Å². The van der Waals surface area contributed by atoms with E-state index in [2.05, 4.69) is 15.9 Å². The van der Waals surface area contributed by atoms with Gasteiger partial charge in [0, 0.05) is 19.4 Å². The molecule has 0 amide bonds. The monoisotopic (exact) mass is 286 g/mol. The first-order valence-corrected chi connectivity index (χ1v) is 5.79. The summed E-state index contributed by atoms with van der Waals surface area (Å²) in [6.45, 7) is 0. The maximum Gasteiger partial charge on any atom is 0.338 e. The van der Waals surface area contributed by atoms with E-state index >= 15 is 0 Å². The van der Waals surface area contributed by atoms with E-state index < -0.39 is 12.1 Å². The predicted molar refractivity (Wildman–Crippen MR) is 62.1 cm³/mol. The lowest BCUT2D eigenvalue weighted by molar-refractivity contribution is -0.146. The molecule has 0 fully saturated rings. The van der Waals surface area contributed by atoms with Crippen LogP contribution in [0, 0.1) is 0 Å². The molecule has 0 aliphatic heterocycles. The van der Waals surface area contributed by atoms with Crippen LogP contribution in [0.1, 0.15) is 11.0 Å². The SMILES string of the molecule is O=C(O)C(O)c1cc2c(Br)cccc2s1. The van der Waals surface area contributed by atoms with Crippen LogP contribution in [0.3, 0.4) is 0 Å². The summed E-state index contributed by atoms with van der Waals surface area (Å²) in [4.78, 5) is 11.1. The Morgan fingerprint density at radius 3 is 2.80 bits per heavy atom. The number of halogens is 1. The van der Waals surface area contributed by atoms with E-state index in [0.29, 0.717) is 4.88 Å². The normalized spacial score (nSPS) is 12.9. The number of aliphatic carboxylic acids is 1. The average molecular weight is 287 g/mol. The van der Waals surface area contributed by atoms with Crippen LogP contribution in [0.4, 0.5) is 0 Å². The highest BCUT2D eigenvalue weighted by Gasteiger charge is 2.18. The number of carbonyl (C=O) groups is 1. The third-order valence-corrected chi connectivity index (χ3v) is 3.87. The van der Waals surface area contributed by atoms with Crippen LogP contribution < -0.4 is 0 Å². The number of hydrogen-bond acceptors (Lipinski definition) is 3. The molecular weight excluding hydrogens is 280 g/mol. The van der Waals surface area contributed by atoms with Crippen LogP contribution in [-0.2, 0) is 4.79 Å². The molecule has 2 aromatic rings. The van der Waals surface area contributed by atoms with Gasteiger partial charge in [-0.25, -0.2) is 4.79 Å². The number of rotatable bonds is 2. The molecule has 1 heterocycles. The van der Waals surface area contributed by atoms with Gasteiger partial charge in [-0.3, -0.25) is 0 Å². The van der Waals surface area contributed by atoms with Gasteiger partial charge in [-0.2, -0.15) is 0 Å². The number of fused-ring (bicyclic) bond motifs is 1. The van der Waals surface area contributed by atoms with Crippen LogP contribution in [0.2, 0.25) is 0 Å². The van der Waals surface area contributed by atoms with E-state index in [0.717, 1.165) is 14.6 Å². The fraction of sp³-hybridized carbons (Fsp3) is 0.100. The number of carboxylic acids is 1. The molecule has 0 aliphatic carbocycles. The first kappa shape index (κ1) is 10.6. The molecule has 0 saturated carbocycles. The number of aliphatic hydroxyl groups is 1. The lowest BCUT2D eigenvalue weighted by atomic mass is 10.2. The van der Waals surface area contributed by atoms with Gasteiger partial charge in [0.25, 0.3) is 0 Å². The molecule has 3 nitrogen and oxygen atoms in total. The molecule has 15 heavy (non-hydrogen) atoms. The van der Waals surface area contributed by atoms with Gasteiger partial charge in [-0.1, -0.05) is 22.0 Å². The molecule has 0 saturated heterocycles.